The van der Waals surface area contributed by atoms with Crippen LogP contribution in [0.5, 0.6) is 0 Å². The zero-order valence-electron chi connectivity index (χ0n) is 14.2. The van der Waals surface area contributed by atoms with Gasteiger partial charge in [0.15, 0.2) is 5.16 Å². The van der Waals surface area contributed by atoms with Crippen molar-refractivity contribution in [3.8, 4) is 0 Å². The van der Waals surface area contributed by atoms with E-state index in [1.165, 1.54) is 11.8 Å². The lowest BCUT2D eigenvalue weighted by molar-refractivity contribution is -0.115. The van der Waals surface area contributed by atoms with E-state index in [0.29, 0.717) is 34.8 Å². The topological polar surface area (TPSA) is 64.0 Å². The Bertz CT molecular complexity index is 986. The van der Waals surface area contributed by atoms with E-state index in [1.54, 1.807) is 10.6 Å². The van der Waals surface area contributed by atoms with Crippen LogP contribution in [0.25, 0.3) is 10.9 Å². The van der Waals surface area contributed by atoms with Crippen LogP contribution in [0.4, 0.5) is 5.69 Å². The van der Waals surface area contributed by atoms with Gasteiger partial charge < -0.3 is 5.32 Å². The lowest BCUT2D eigenvalue weighted by atomic mass is 10.2. The molecular weight excluding hydrogens is 461 g/mol. The van der Waals surface area contributed by atoms with Crippen LogP contribution in [-0.2, 0) is 11.3 Å². The molecule has 0 fully saturated rings. The molecule has 0 unspecified atom stereocenters. The van der Waals surface area contributed by atoms with Crippen LogP contribution in [0.2, 0.25) is 0 Å². The molecule has 7 heteroatoms. The zero-order chi connectivity index (χ0) is 18.5. The van der Waals surface area contributed by atoms with Gasteiger partial charge in [-0.3, -0.25) is 14.2 Å². The molecule has 0 aliphatic carbocycles. The van der Waals surface area contributed by atoms with Gasteiger partial charge in [0.25, 0.3) is 5.56 Å². The number of benzene rings is 2. The second-order valence-electron chi connectivity index (χ2n) is 5.61. The van der Waals surface area contributed by atoms with Gasteiger partial charge in [-0.2, -0.15) is 0 Å². The molecule has 3 aromatic rings. The minimum atomic E-state index is -0.0510. The summed E-state index contributed by atoms with van der Waals surface area (Å²) in [6.45, 7) is 2.47. The van der Waals surface area contributed by atoms with Crippen LogP contribution in [0, 0.1) is 3.57 Å². The highest BCUT2D eigenvalue weighted by Crippen LogP contribution is 2.19. The second-order valence-corrected chi connectivity index (χ2v) is 7.92. The fourth-order valence-electron chi connectivity index (χ4n) is 2.53. The summed E-state index contributed by atoms with van der Waals surface area (Å²) in [7, 11) is 0. The largest absolute Gasteiger partial charge is 0.326 e. The molecule has 1 heterocycles. The first-order valence-electron chi connectivity index (χ1n) is 8.26. The Morgan fingerprint density at radius 1 is 1.19 bits per heavy atom. The summed E-state index contributed by atoms with van der Waals surface area (Å²) in [6.07, 6.45) is 0.350. The molecule has 2 aromatic carbocycles. The monoisotopic (exact) mass is 479 g/mol. The number of aromatic nitrogens is 2. The number of amides is 1. The molecule has 0 atom stereocenters. The minimum Gasteiger partial charge on any atom is -0.326 e. The molecule has 0 saturated carbocycles. The van der Waals surface area contributed by atoms with E-state index in [9.17, 15) is 9.59 Å². The van der Waals surface area contributed by atoms with Gasteiger partial charge in [0, 0.05) is 28.0 Å². The third-order valence-electron chi connectivity index (χ3n) is 3.83. The molecule has 1 amide bonds. The van der Waals surface area contributed by atoms with Crippen LogP contribution < -0.4 is 10.9 Å². The highest BCUT2D eigenvalue weighted by atomic mass is 127. The van der Waals surface area contributed by atoms with Gasteiger partial charge in [-0.15, -0.1) is 0 Å². The maximum Gasteiger partial charge on any atom is 0.262 e. The van der Waals surface area contributed by atoms with E-state index >= 15 is 0 Å². The fourth-order valence-corrected chi connectivity index (χ4v) is 3.89. The van der Waals surface area contributed by atoms with Crippen molar-refractivity contribution in [3.63, 3.8) is 0 Å². The number of rotatable bonds is 6. The smallest absolute Gasteiger partial charge is 0.262 e. The molecule has 0 saturated heterocycles. The molecule has 0 aliphatic rings. The van der Waals surface area contributed by atoms with Crippen LogP contribution >= 0.6 is 34.4 Å². The number of fused-ring (bicyclic) bond motifs is 1. The van der Waals surface area contributed by atoms with Gasteiger partial charge in [-0.1, -0.05) is 23.9 Å². The molecule has 1 N–H and O–H groups in total. The van der Waals surface area contributed by atoms with Crippen LogP contribution in [-0.4, -0.2) is 21.2 Å². The summed E-state index contributed by atoms with van der Waals surface area (Å²) in [5, 5.41) is 4.15. The third kappa shape index (κ3) is 4.45. The molecule has 3 rings (SSSR count). The van der Waals surface area contributed by atoms with E-state index in [4.69, 9.17) is 0 Å². The van der Waals surface area contributed by atoms with Gasteiger partial charge in [-0.05, 0) is 65.9 Å². The Kier molecular flexibility index (Phi) is 6.31. The highest BCUT2D eigenvalue weighted by Gasteiger charge is 2.11. The summed E-state index contributed by atoms with van der Waals surface area (Å²) in [4.78, 5) is 29.3. The molecule has 134 valence electrons. The Balaban J connectivity index is 1.66. The molecule has 5 nitrogen and oxygen atoms in total. The summed E-state index contributed by atoms with van der Waals surface area (Å²) in [5.74, 6) is 0.506. The van der Waals surface area contributed by atoms with Gasteiger partial charge in [-0.25, -0.2) is 4.98 Å². The molecule has 0 radical (unpaired) electrons. The average Bonchev–Trinajstić information content (AvgIpc) is 2.64. The maximum atomic E-state index is 12.6. The third-order valence-corrected chi connectivity index (χ3v) is 5.53. The second kappa shape index (κ2) is 8.68. The number of halogens is 1. The Morgan fingerprint density at radius 3 is 2.65 bits per heavy atom. The van der Waals surface area contributed by atoms with E-state index < -0.39 is 0 Å². The lowest BCUT2D eigenvalue weighted by Crippen LogP contribution is -2.22. The number of nitrogens with one attached hydrogen (secondary N) is 1. The predicted octanol–water partition coefficient (Wildman–Crippen LogP) is 4.14. The molecular formula is C19H18IN3O2S. The summed E-state index contributed by atoms with van der Waals surface area (Å²) < 4.78 is 2.78. The Labute approximate surface area is 169 Å². The summed E-state index contributed by atoms with van der Waals surface area (Å²) in [6, 6.07) is 15.0. The molecule has 0 aliphatic heterocycles. The van der Waals surface area contributed by atoms with Crippen LogP contribution in [0.1, 0.15) is 13.3 Å². The molecule has 26 heavy (non-hydrogen) atoms. The van der Waals surface area contributed by atoms with Crippen LogP contribution in [0.3, 0.4) is 0 Å². The SMILES string of the molecule is CCn1c(SCCC(=O)Nc2ccc(I)cc2)nc2ccccc2c1=O. The average molecular weight is 479 g/mol. The van der Waals surface area contributed by atoms with Crippen molar-refractivity contribution in [2.24, 2.45) is 0 Å². The number of carbonyl (C=O) groups excluding carboxylic acids is 1. The van der Waals surface area contributed by atoms with Gasteiger partial charge in [0.05, 0.1) is 10.9 Å². The number of hydrogen-bond donors (Lipinski definition) is 1. The van der Waals surface area contributed by atoms with Crippen molar-refractivity contribution < 1.29 is 4.79 Å². The Morgan fingerprint density at radius 2 is 1.92 bits per heavy atom. The quantitative estimate of drug-likeness (QED) is 0.328. The van der Waals surface area contributed by atoms with Crippen molar-refractivity contribution in [3.05, 3.63) is 62.5 Å². The van der Waals surface area contributed by atoms with Gasteiger partial charge >= 0.3 is 0 Å². The van der Waals surface area contributed by atoms with Crippen molar-refractivity contribution in [1.29, 1.82) is 0 Å². The van der Waals surface area contributed by atoms with E-state index in [0.717, 1.165) is 9.26 Å². The standard InChI is InChI=1S/C19H18IN3O2S/c1-2-23-18(25)15-5-3-4-6-16(15)22-19(23)26-12-11-17(24)21-14-9-7-13(20)8-10-14/h3-10H,2,11-12H2,1H3,(H,21,24). The number of anilines is 1. The van der Waals surface area contributed by atoms with E-state index in [1.807, 2.05) is 49.4 Å². The number of carbonyl (C=O) groups is 1. The van der Waals surface area contributed by atoms with Crippen molar-refractivity contribution in [2.45, 2.75) is 25.0 Å². The Hall–Kier alpha value is -1.87. The minimum absolute atomic E-state index is 0.0380. The number of para-hydroxylation sites is 1. The first kappa shape index (κ1) is 18.9. The number of thioether (sulfide) groups is 1. The summed E-state index contributed by atoms with van der Waals surface area (Å²) >= 11 is 3.66. The molecule has 0 spiro atoms. The normalized spacial score (nSPS) is 10.8. The number of hydrogen-bond acceptors (Lipinski definition) is 4. The fraction of sp³-hybridized carbons (Fsp3) is 0.211. The molecule has 1 aromatic heterocycles. The van der Waals surface area contributed by atoms with Gasteiger partial charge in [0.2, 0.25) is 5.91 Å². The van der Waals surface area contributed by atoms with Crippen molar-refractivity contribution >= 4 is 56.9 Å². The van der Waals surface area contributed by atoms with E-state index in [-0.39, 0.29) is 11.5 Å². The van der Waals surface area contributed by atoms with Crippen molar-refractivity contribution in [1.82, 2.24) is 9.55 Å². The highest BCUT2D eigenvalue weighted by molar-refractivity contribution is 14.1. The van der Waals surface area contributed by atoms with Crippen LogP contribution in [0.15, 0.2) is 58.5 Å². The number of nitrogens with zero attached hydrogens (tertiary/aromatic N) is 2. The lowest BCUT2D eigenvalue weighted by Gasteiger charge is -2.11. The van der Waals surface area contributed by atoms with E-state index in [2.05, 4.69) is 32.9 Å². The predicted molar refractivity (Wildman–Crippen MR) is 115 cm³/mol. The van der Waals surface area contributed by atoms with Gasteiger partial charge in [0.1, 0.15) is 0 Å². The first-order valence-corrected chi connectivity index (χ1v) is 10.3. The maximum absolute atomic E-state index is 12.6. The zero-order valence-corrected chi connectivity index (χ0v) is 17.2. The van der Waals surface area contributed by atoms with Crippen molar-refractivity contribution in [2.75, 3.05) is 11.1 Å². The summed E-state index contributed by atoms with van der Waals surface area (Å²) in [5.41, 5.74) is 1.44. The molecule has 0 bridgehead atoms. The first-order chi connectivity index (χ1) is 12.6.